The SMILES string of the molecule is COc1ccc(NC(=O)c2ccc(-c3ccc(Br)cc3)o2)cc1Cl. The molecular formula is C18H13BrClNO3. The molecule has 0 aliphatic heterocycles. The zero-order valence-corrected chi connectivity index (χ0v) is 15.0. The van der Waals surface area contributed by atoms with Crippen molar-refractivity contribution < 1.29 is 13.9 Å². The van der Waals surface area contributed by atoms with E-state index >= 15 is 0 Å². The molecule has 1 aromatic heterocycles. The standard InChI is InChI=1S/C18H13BrClNO3/c1-23-16-7-6-13(10-14(16)20)21-18(22)17-9-8-15(24-17)11-2-4-12(19)5-3-11/h2-10H,1H3,(H,21,22). The minimum absolute atomic E-state index is 0.222. The van der Waals surface area contributed by atoms with Crippen LogP contribution in [0.25, 0.3) is 11.3 Å². The van der Waals surface area contributed by atoms with E-state index in [1.807, 2.05) is 24.3 Å². The van der Waals surface area contributed by atoms with Gasteiger partial charge in [0.2, 0.25) is 0 Å². The predicted molar refractivity (Wildman–Crippen MR) is 97.8 cm³/mol. The highest BCUT2D eigenvalue weighted by Crippen LogP contribution is 2.28. The van der Waals surface area contributed by atoms with Crippen molar-refractivity contribution in [3.05, 3.63) is 69.9 Å². The molecular weight excluding hydrogens is 394 g/mol. The average Bonchev–Trinajstić information content (AvgIpc) is 3.06. The Morgan fingerprint density at radius 2 is 1.88 bits per heavy atom. The summed E-state index contributed by atoms with van der Waals surface area (Å²) in [6.07, 6.45) is 0. The molecule has 6 heteroatoms. The van der Waals surface area contributed by atoms with Crippen LogP contribution in [-0.4, -0.2) is 13.0 Å². The summed E-state index contributed by atoms with van der Waals surface area (Å²) in [4.78, 5) is 12.3. The molecule has 0 atom stereocenters. The Hall–Kier alpha value is -2.24. The van der Waals surface area contributed by atoms with E-state index in [1.165, 1.54) is 7.11 Å². The van der Waals surface area contributed by atoms with Crippen LogP contribution in [-0.2, 0) is 0 Å². The van der Waals surface area contributed by atoms with E-state index in [1.54, 1.807) is 30.3 Å². The van der Waals surface area contributed by atoms with Crippen molar-refractivity contribution in [2.24, 2.45) is 0 Å². The zero-order chi connectivity index (χ0) is 17.1. The number of carbonyl (C=O) groups is 1. The Bertz CT molecular complexity index is 874. The van der Waals surface area contributed by atoms with Crippen LogP contribution in [0.3, 0.4) is 0 Å². The number of halogens is 2. The van der Waals surface area contributed by atoms with Crippen LogP contribution in [0, 0.1) is 0 Å². The third-order valence-electron chi connectivity index (χ3n) is 3.37. The van der Waals surface area contributed by atoms with Crippen LogP contribution in [0.2, 0.25) is 5.02 Å². The number of hydrogen-bond acceptors (Lipinski definition) is 3. The fourth-order valence-electron chi connectivity index (χ4n) is 2.17. The number of carbonyl (C=O) groups excluding carboxylic acids is 1. The quantitative estimate of drug-likeness (QED) is 0.611. The number of rotatable bonds is 4. The molecule has 2 aromatic carbocycles. The topological polar surface area (TPSA) is 51.5 Å². The molecule has 3 aromatic rings. The Balaban J connectivity index is 1.76. The van der Waals surface area contributed by atoms with Gasteiger partial charge < -0.3 is 14.5 Å². The highest BCUT2D eigenvalue weighted by molar-refractivity contribution is 9.10. The summed E-state index contributed by atoms with van der Waals surface area (Å²) in [6.45, 7) is 0. The summed E-state index contributed by atoms with van der Waals surface area (Å²) in [5.41, 5.74) is 1.46. The fourth-order valence-corrected chi connectivity index (χ4v) is 2.69. The first-order chi connectivity index (χ1) is 11.6. The summed E-state index contributed by atoms with van der Waals surface area (Å²) in [7, 11) is 1.53. The van der Waals surface area contributed by atoms with Gasteiger partial charge in [0.15, 0.2) is 5.76 Å². The van der Waals surface area contributed by atoms with Crippen LogP contribution in [0.4, 0.5) is 5.69 Å². The van der Waals surface area contributed by atoms with Crippen molar-refractivity contribution in [3.63, 3.8) is 0 Å². The minimum Gasteiger partial charge on any atom is -0.495 e. The molecule has 1 N–H and O–H groups in total. The maximum absolute atomic E-state index is 12.3. The normalized spacial score (nSPS) is 10.5. The average molecular weight is 407 g/mol. The summed E-state index contributed by atoms with van der Waals surface area (Å²) in [6, 6.07) is 16.1. The van der Waals surface area contributed by atoms with Crippen LogP contribution >= 0.6 is 27.5 Å². The molecule has 0 spiro atoms. The monoisotopic (exact) mass is 405 g/mol. The third-order valence-corrected chi connectivity index (χ3v) is 4.19. The molecule has 24 heavy (non-hydrogen) atoms. The molecule has 1 heterocycles. The fraction of sp³-hybridized carbons (Fsp3) is 0.0556. The number of anilines is 1. The molecule has 0 aliphatic carbocycles. The van der Waals surface area contributed by atoms with Gasteiger partial charge in [-0.25, -0.2) is 0 Å². The molecule has 4 nitrogen and oxygen atoms in total. The van der Waals surface area contributed by atoms with Gasteiger partial charge in [0.05, 0.1) is 12.1 Å². The number of benzene rings is 2. The Labute approximate surface area is 152 Å². The van der Waals surface area contributed by atoms with Crippen LogP contribution in [0.1, 0.15) is 10.6 Å². The predicted octanol–water partition coefficient (Wildman–Crippen LogP) is 5.62. The van der Waals surface area contributed by atoms with Crippen LogP contribution < -0.4 is 10.1 Å². The van der Waals surface area contributed by atoms with Crippen molar-refractivity contribution in [1.82, 2.24) is 0 Å². The van der Waals surface area contributed by atoms with Gasteiger partial charge in [-0.2, -0.15) is 0 Å². The number of nitrogens with one attached hydrogen (secondary N) is 1. The van der Waals surface area contributed by atoms with Crippen molar-refractivity contribution in [2.45, 2.75) is 0 Å². The van der Waals surface area contributed by atoms with E-state index in [2.05, 4.69) is 21.2 Å². The maximum atomic E-state index is 12.3. The minimum atomic E-state index is -0.348. The third kappa shape index (κ3) is 3.63. The van der Waals surface area contributed by atoms with Gasteiger partial charge in [0, 0.05) is 15.7 Å². The van der Waals surface area contributed by atoms with E-state index in [0.29, 0.717) is 22.2 Å². The molecule has 0 fully saturated rings. The Morgan fingerprint density at radius 1 is 1.12 bits per heavy atom. The first kappa shape index (κ1) is 16.6. The first-order valence-electron chi connectivity index (χ1n) is 7.07. The molecule has 0 bridgehead atoms. The maximum Gasteiger partial charge on any atom is 0.291 e. The first-order valence-corrected chi connectivity index (χ1v) is 8.24. The number of ether oxygens (including phenoxy) is 1. The molecule has 3 rings (SSSR count). The van der Waals surface area contributed by atoms with E-state index in [9.17, 15) is 4.79 Å². The van der Waals surface area contributed by atoms with Crippen LogP contribution in [0.5, 0.6) is 5.75 Å². The lowest BCUT2D eigenvalue weighted by molar-refractivity contribution is 0.0997. The van der Waals surface area contributed by atoms with Gasteiger partial charge in [-0.1, -0.05) is 39.7 Å². The highest BCUT2D eigenvalue weighted by Gasteiger charge is 2.13. The van der Waals surface area contributed by atoms with Crippen molar-refractivity contribution in [3.8, 4) is 17.1 Å². The number of furan rings is 1. The summed E-state index contributed by atoms with van der Waals surface area (Å²) in [5, 5.41) is 3.17. The molecule has 0 radical (unpaired) electrons. The van der Waals surface area contributed by atoms with E-state index in [4.69, 9.17) is 20.8 Å². The van der Waals surface area contributed by atoms with Gasteiger partial charge in [0.25, 0.3) is 5.91 Å². The van der Waals surface area contributed by atoms with Gasteiger partial charge in [-0.15, -0.1) is 0 Å². The summed E-state index contributed by atoms with van der Waals surface area (Å²) >= 11 is 9.44. The molecule has 1 amide bonds. The van der Waals surface area contributed by atoms with Crippen molar-refractivity contribution in [1.29, 1.82) is 0 Å². The van der Waals surface area contributed by atoms with Crippen molar-refractivity contribution in [2.75, 3.05) is 12.4 Å². The molecule has 0 unspecified atom stereocenters. The van der Waals surface area contributed by atoms with E-state index < -0.39 is 0 Å². The largest absolute Gasteiger partial charge is 0.495 e. The van der Waals surface area contributed by atoms with Gasteiger partial charge in [-0.3, -0.25) is 4.79 Å². The number of methoxy groups -OCH3 is 1. The number of hydrogen-bond donors (Lipinski definition) is 1. The Morgan fingerprint density at radius 3 is 2.54 bits per heavy atom. The molecule has 0 saturated heterocycles. The number of amides is 1. The lowest BCUT2D eigenvalue weighted by Gasteiger charge is -2.07. The lowest BCUT2D eigenvalue weighted by Crippen LogP contribution is -2.10. The highest BCUT2D eigenvalue weighted by atomic mass is 79.9. The van der Waals surface area contributed by atoms with Gasteiger partial charge in [0.1, 0.15) is 11.5 Å². The van der Waals surface area contributed by atoms with Crippen molar-refractivity contribution >= 4 is 39.1 Å². The second kappa shape index (κ2) is 7.11. The van der Waals surface area contributed by atoms with Gasteiger partial charge >= 0.3 is 0 Å². The van der Waals surface area contributed by atoms with E-state index in [-0.39, 0.29) is 11.7 Å². The summed E-state index contributed by atoms with van der Waals surface area (Å²) in [5.74, 6) is 1.05. The molecule has 0 saturated carbocycles. The molecule has 122 valence electrons. The van der Waals surface area contributed by atoms with Crippen LogP contribution in [0.15, 0.2) is 63.5 Å². The van der Waals surface area contributed by atoms with E-state index in [0.717, 1.165) is 10.0 Å². The lowest BCUT2D eigenvalue weighted by atomic mass is 10.2. The zero-order valence-electron chi connectivity index (χ0n) is 12.7. The second-order valence-electron chi connectivity index (χ2n) is 4.97. The molecule has 0 aliphatic rings. The smallest absolute Gasteiger partial charge is 0.291 e. The Kier molecular flexibility index (Phi) is 4.92. The van der Waals surface area contributed by atoms with Gasteiger partial charge in [-0.05, 0) is 42.5 Å². The second-order valence-corrected chi connectivity index (χ2v) is 6.30. The summed E-state index contributed by atoms with van der Waals surface area (Å²) < 4.78 is 11.7.